The lowest BCUT2D eigenvalue weighted by Crippen LogP contribution is -3.10. The number of para-hydroxylation sites is 1. The summed E-state index contributed by atoms with van der Waals surface area (Å²) >= 11 is 0. The summed E-state index contributed by atoms with van der Waals surface area (Å²) in [7, 11) is 2.22. The van der Waals surface area contributed by atoms with Crippen LogP contribution in [0.4, 0.5) is 0 Å². The van der Waals surface area contributed by atoms with Crippen molar-refractivity contribution < 1.29 is 14.4 Å². The van der Waals surface area contributed by atoms with E-state index in [2.05, 4.69) is 22.3 Å². The van der Waals surface area contributed by atoms with Gasteiger partial charge < -0.3 is 15.0 Å². The highest BCUT2D eigenvalue weighted by atomic mass is 16.5. The van der Waals surface area contributed by atoms with Gasteiger partial charge in [-0.3, -0.25) is 9.78 Å². The number of fused-ring (bicyclic) bond motifs is 1. The Bertz CT molecular complexity index is 757. The van der Waals surface area contributed by atoms with Crippen molar-refractivity contribution in [1.82, 2.24) is 15.3 Å². The molecule has 2 aliphatic rings. The molecular weight excluding hydrogens is 316 g/mol. The molecule has 2 aromatic rings. The fourth-order valence-electron chi connectivity index (χ4n) is 3.83. The zero-order valence-electron chi connectivity index (χ0n) is 14.4. The van der Waals surface area contributed by atoms with Gasteiger partial charge in [0, 0.05) is 37.2 Å². The van der Waals surface area contributed by atoms with Gasteiger partial charge >= 0.3 is 0 Å². The Hall–Kier alpha value is -2.47. The van der Waals surface area contributed by atoms with Crippen molar-refractivity contribution >= 4 is 5.91 Å². The average molecular weight is 339 g/mol. The van der Waals surface area contributed by atoms with E-state index in [1.54, 1.807) is 6.20 Å². The van der Waals surface area contributed by atoms with Crippen molar-refractivity contribution in [2.45, 2.75) is 30.9 Å². The van der Waals surface area contributed by atoms with E-state index >= 15 is 0 Å². The molecule has 0 saturated carbocycles. The number of benzene rings is 1. The zero-order valence-corrected chi connectivity index (χ0v) is 14.4. The third-order valence-electron chi connectivity index (χ3n) is 5.31. The van der Waals surface area contributed by atoms with Crippen LogP contribution in [0, 0.1) is 0 Å². The Balaban J connectivity index is 1.60. The van der Waals surface area contributed by atoms with E-state index in [1.807, 2.05) is 24.3 Å². The lowest BCUT2D eigenvalue weighted by Gasteiger charge is -2.45. The molecule has 130 valence electrons. The fraction of sp³-hybridized carbons (Fsp3) is 0.421. The third-order valence-corrected chi connectivity index (χ3v) is 5.31. The van der Waals surface area contributed by atoms with Crippen molar-refractivity contribution in [3.8, 4) is 5.75 Å². The molecule has 0 unspecified atom stereocenters. The molecule has 3 heterocycles. The molecule has 1 spiro atoms. The Labute approximate surface area is 147 Å². The predicted molar refractivity (Wildman–Crippen MR) is 92.5 cm³/mol. The van der Waals surface area contributed by atoms with Crippen molar-refractivity contribution in [2.75, 3.05) is 20.1 Å². The maximum atomic E-state index is 12.6. The van der Waals surface area contributed by atoms with Gasteiger partial charge in [-0.25, -0.2) is 4.98 Å². The summed E-state index contributed by atoms with van der Waals surface area (Å²) in [6.07, 6.45) is 7.40. The summed E-state index contributed by atoms with van der Waals surface area (Å²) in [4.78, 5) is 22.2. The minimum absolute atomic E-state index is 0.0714. The molecular formula is C19H23N4O2+. The molecule has 4 rings (SSSR count). The van der Waals surface area contributed by atoms with Crippen LogP contribution in [0.25, 0.3) is 0 Å². The number of nitrogens with zero attached hydrogens (tertiary/aromatic N) is 2. The molecule has 2 N–H and O–H groups in total. The minimum atomic E-state index is -0.191. The lowest BCUT2D eigenvalue weighted by molar-refractivity contribution is -0.887. The van der Waals surface area contributed by atoms with Crippen LogP contribution >= 0.6 is 0 Å². The summed E-state index contributed by atoms with van der Waals surface area (Å²) in [5.74, 6) is 0.696. The highest BCUT2D eigenvalue weighted by Crippen LogP contribution is 2.42. The largest absolute Gasteiger partial charge is 0.486 e. The molecule has 0 bridgehead atoms. The molecule has 1 amide bonds. The lowest BCUT2D eigenvalue weighted by atomic mass is 9.80. The summed E-state index contributed by atoms with van der Waals surface area (Å²) < 4.78 is 6.43. The molecule has 6 heteroatoms. The minimum Gasteiger partial charge on any atom is -0.486 e. The van der Waals surface area contributed by atoms with Gasteiger partial charge in [-0.05, 0) is 6.07 Å². The first-order valence-electron chi connectivity index (χ1n) is 8.81. The molecule has 6 nitrogen and oxygen atoms in total. The second-order valence-corrected chi connectivity index (χ2v) is 7.10. The summed E-state index contributed by atoms with van der Waals surface area (Å²) in [5.41, 5.74) is 1.19. The Morgan fingerprint density at radius 2 is 2.08 bits per heavy atom. The number of carbonyl (C=O) groups is 1. The Morgan fingerprint density at radius 3 is 2.84 bits per heavy atom. The van der Waals surface area contributed by atoms with Gasteiger partial charge in [0.15, 0.2) is 0 Å². The smallest absolute Gasteiger partial charge is 0.271 e. The average Bonchev–Trinajstić information content (AvgIpc) is 2.65. The number of amides is 1. The van der Waals surface area contributed by atoms with Crippen LogP contribution in [0.1, 0.15) is 41.4 Å². The molecule has 1 atom stereocenters. The van der Waals surface area contributed by atoms with Crippen LogP contribution in [0.2, 0.25) is 0 Å². The van der Waals surface area contributed by atoms with Gasteiger partial charge in [0.05, 0.1) is 32.4 Å². The molecule has 1 aromatic heterocycles. The number of hydrogen-bond donors (Lipinski definition) is 2. The topological polar surface area (TPSA) is 68.5 Å². The number of aromatic nitrogens is 2. The van der Waals surface area contributed by atoms with Crippen LogP contribution in [0.15, 0.2) is 42.9 Å². The first-order chi connectivity index (χ1) is 12.2. The van der Waals surface area contributed by atoms with E-state index in [0.29, 0.717) is 5.69 Å². The molecule has 0 radical (unpaired) electrons. The number of rotatable bonds is 2. The van der Waals surface area contributed by atoms with E-state index in [4.69, 9.17) is 4.74 Å². The highest BCUT2D eigenvalue weighted by molar-refractivity contribution is 5.92. The quantitative estimate of drug-likeness (QED) is 0.848. The first-order valence-corrected chi connectivity index (χ1v) is 8.81. The second kappa shape index (κ2) is 6.44. The van der Waals surface area contributed by atoms with E-state index in [-0.39, 0.29) is 17.6 Å². The maximum Gasteiger partial charge on any atom is 0.271 e. The number of likely N-dealkylation sites (tertiary alicyclic amines) is 1. The van der Waals surface area contributed by atoms with Crippen LogP contribution in [0.3, 0.4) is 0 Å². The number of nitrogens with one attached hydrogen (secondary N) is 2. The van der Waals surface area contributed by atoms with Gasteiger partial charge in [0.2, 0.25) is 0 Å². The van der Waals surface area contributed by atoms with Gasteiger partial charge in [-0.1, -0.05) is 18.2 Å². The summed E-state index contributed by atoms with van der Waals surface area (Å²) in [5, 5.41) is 3.15. The van der Waals surface area contributed by atoms with Gasteiger partial charge in [0.1, 0.15) is 17.0 Å². The number of carbonyl (C=O) groups excluding carboxylic acids is 1. The highest BCUT2D eigenvalue weighted by Gasteiger charge is 2.44. The molecule has 1 aromatic carbocycles. The van der Waals surface area contributed by atoms with E-state index in [0.717, 1.165) is 43.7 Å². The number of ether oxygens (including phenoxy) is 1. The van der Waals surface area contributed by atoms with Crippen molar-refractivity contribution in [2.24, 2.45) is 0 Å². The van der Waals surface area contributed by atoms with Crippen LogP contribution in [-0.2, 0) is 0 Å². The monoisotopic (exact) mass is 339 g/mol. The van der Waals surface area contributed by atoms with E-state index in [1.165, 1.54) is 17.3 Å². The molecule has 0 aliphatic carbocycles. The summed E-state index contributed by atoms with van der Waals surface area (Å²) in [6.45, 7) is 2.18. The van der Waals surface area contributed by atoms with Gasteiger partial charge in [-0.2, -0.15) is 0 Å². The first kappa shape index (κ1) is 16.0. The van der Waals surface area contributed by atoms with Gasteiger partial charge in [-0.15, -0.1) is 0 Å². The second-order valence-electron chi connectivity index (χ2n) is 7.10. The summed E-state index contributed by atoms with van der Waals surface area (Å²) in [6, 6.07) is 7.94. The Morgan fingerprint density at radius 1 is 1.28 bits per heavy atom. The molecule has 25 heavy (non-hydrogen) atoms. The number of piperidine rings is 1. The number of quaternary nitrogens is 1. The fourth-order valence-corrected chi connectivity index (χ4v) is 3.83. The SMILES string of the molecule is C[NH+]1CCC2(CC1)C[C@H](NC(=O)c1cnccn1)c1ccccc1O2. The van der Waals surface area contributed by atoms with E-state index in [9.17, 15) is 4.79 Å². The molecule has 1 saturated heterocycles. The third kappa shape index (κ3) is 3.22. The number of hydrogen-bond acceptors (Lipinski definition) is 4. The van der Waals surface area contributed by atoms with Crippen LogP contribution < -0.4 is 15.0 Å². The van der Waals surface area contributed by atoms with Crippen molar-refractivity contribution in [3.05, 3.63) is 54.1 Å². The predicted octanol–water partition coefficient (Wildman–Crippen LogP) is 0.778. The Kier molecular flexibility index (Phi) is 4.13. The zero-order chi connectivity index (χ0) is 17.3. The van der Waals surface area contributed by atoms with Gasteiger partial charge in [0.25, 0.3) is 5.91 Å². The van der Waals surface area contributed by atoms with Crippen molar-refractivity contribution in [1.29, 1.82) is 0 Å². The molecule has 1 fully saturated rings. The van der Waals surface area contributed by atoms with Crippen molar-refractivity contribution in [3.63, 3.8) is 0 Å². The van der Waals surface area contributed by atoms with E-state index < -0.39 is 0 Å². The molecule has 2 aliphatic heterocycles. The maximum absolute atomic E-state index is 12.6. The standard InChI is InChI=1S/C19H22N4O2/c1-23-10-6-19(7-11-23)12-15(14-4-2-3-5-17(14)25-19)22-18(24)16-13-20-8-9-21-16/h2-5,8-9,13,15H,6-7,10-12H2,1H3,(H,22,24)/p+1/t15-/m0/s1. The van der Waals surface area contributed by atoms with Crippen LogP contribution in [-0.4, -0.2) is 41.6 Å². The van der Waals surface area contributed by atoms with Crippen LogP contribution in [0.5, 0.6) is 5.75 Å². The normalized spacial score (nSPS) is 28.0.